The van der Waals surface area contributed by atoms with Crippen molar-refractivity contribution in [2.45, 2.75) is 39.2 Å². The van der Waals surface area contributed by atoms with Crippen molar-refractivity contribution in [3.8, 4) is 0 Å². The Kier molecular flexibility index (Phi) is 4.93. The van der Waals surface area contributed by atoms with Gasteiger partial charge in [-0.1, -0.05) is 0 Å². The third kappa shape index (κ3) is 5.17. The smallest absolute Gasteiger partial charge is 0.417 e. The average Bonchev–Trinajstić information content (AvgIpc) is 2.24. The standard InChI is InChI=1S/C12H21N2O3/c1-12(2,3)17-11(16)14(9-15)8-10-4-6-13-7-5-10/h10,13H,4-8H2,1-3H3. The van der Waals surface area contributed by atoms with Crippen molar-refractivity contribution in [1.29, 1.82) is 0 Å². The molecule has 0 aromatic carbocycles. The molecule has 97 valence electrons. The quantitative estimate of drug-likeness (QED) is 0.756. The second-order valence-electron chi connectivity index (χ2n) is 5.38. The molecule has 1 rings (SSSR count). The summed E-state index contributed by atoms with van der Waals surface area (Å²) in [5.41, 5.74) is -0.583. The van der Waals surface area contributed by atoms with E-state index in [1.165, 1.54) is 0 Å². The van der Waals surface area contributed by atoms with Gasteiger partial charge in [0.2, 0.25) is 0 Å². The summed E-state index contributed by atoms with van der Waals surface area (Å²) in [7, 11) is 0. The highest BCUT2D eigenvalue weighted by atomic mass is 16.6. The molecule has 2 amide bonds. The Morgan fingerprint density at radius 3 is 2.47 bits per heavy atom. The predicted molar refractivity (Wildman–Crippen MR) is 64.2 cm³/mol. The highest BCUT2D eigenvalue weighted by molar-refractivity contribution is 5.80. The van der Waals surface area contributed by atoms with Gasteiger partial charge in [-0.15, -0.1) is 0 Å². The number of rotatable bonds is 3. The second-order valence-corrected chi connectivity index (χ2v) is 5.38. The van der Waals surface area contributed by atoms with Crippen molar-refractivity contribution in [3.05, 3.63) is 0 Å². The molecule has 17 heavy (non-hydrogen) atoms. The summed E-state index contributed by atoms with van der Waals surface area (Å²) in [6.07, 6.45) is 3.00. The van der Waals surface area contributed by atoms with E-state index in [0.717, 1.165) is 30.8 Å². The van der Waals surface area contributed by atoms with E-state index >= 15 is 0 Å². The fraction of sp³-hybridized carbons (Fsp3) is 0.833. The number of carbonyl (C=O) groups is 1. The number of nitrogens with one attached hydrogen (secondary N) is 1. The first kappa shape index (κ1) is 14.0. The molecule has 1 N–H and O–H groups in total. The molecule has 0 bridgehead atoms. The van der Waals surface area contributed by atoms with E-state index < -0.39 is 11.7 Å². The van der Waals surface area contributed by atoms with Gasteiger partial charge in [0.15, 0.2) is 0 Å². The maximum Gasteiger partial charge on any atom is 0.417 e. The van der Waals surface area contributed by atoms with Gasteiger partial charge in [0.05, 0.1) is 0 Å². The van der Waals surface area contributed by atoms with Crippen LogP contribution in [0.5, 0.6) is 0 Å². The lowest BCUT2D eigenvalue weighted by atomic mass is 9.98. The molecule has 1 fully saturated rings. The van der Waals surface area contributed by atoms with Crippen molar-refractivity contribution in [3.63, 3.8) is 0 Å². The largest absolute Gasteiger partial charge is 0.443 e. The van der Waals surface area contributed by atoms with Crippen LogP contribution in [0.3, 0.4) is 0 Å². The van der Waals surface area contributed by atoms with Crippen molar-refractivity contribution in [2.75, 3.05) is 19.6 Å². The Bertz CT molecular complexity index is 267. The molecule has 1 saturated heterocycles. The topological polar surface area (TPSA) is 58.6 Å². The zero-order valence-electron chi connectivity index (χ0n) is 10.8. The van der Waals surface area contributed by atoms with Crippen LogP contribution in [-0.2, 0) is 9.53 Å². The van der Waals surface area contributed by atoms with Gasteiger partial charge < -0.3 is 10.1 Å². The van der Waals surface area contributed by atoms with Crippen molar-refractivity contribution in [2.24, 2.45) is 5.92 Å². The molecule has 5 heteroatoms. The molecule has 0 aliphatic carbocycles. The first-order chi connectivity index (χ1) is 7.92. The molecular weight excluding hydrogens is 220 g/mol. The van der Waals surface area contributed by atoms with Crippen LogP contribution >= 0.6 is 0 Å². The molecule has 0 atom stereocenters. The number of hydrogen-bond acceptors (Lipinski definition) is 4. The number of piperidine rings is 1. The minimum atomic E-state index is -0.606. The SMILES string of the molecule is CC(C)(C)OC(=O)N([C]=O)CC1CCNCC1. The van der Waals surface area contributed by atoms with E-state index in [9.17, 15) is 9.59 Å². The summed E-state index contributed by atoms with van der Waals surface area (Å²) in [5, 5.41) is 3.24. The first-order valence-electron chi connectivity index (χ1n) is 6.01. The van der Waals surface area contributed by atoms with E-state index in [2.05, 4.69) is 5.32 Å². The van der Waals surface area contributed by atoms with Crippen LogP contribution in [0.4, 0.5) is 4.79 Å². The Morgan fingerprint density at radius 1 is 1.41 bits per heavy atom. The van der Waals surface area contributed by atoms with Crippen molar-refractivity contribution >= 4 is 12.5 Å². The lowest BCUT2D eigenvalue weighted by Gasteiger charge is -2.28. The minimum absolute atomic E-state index is 0.352. The zero-order chi connectivity index (χ0) is 12.9. The van der Waals surface area contributed by atoms with E-state index in [0.29, 0.717) is 12.5 Å². The van der Waals surface area contributed by atoms with E-state index in [4.69, 9.17) is 4.74 Å². The Balaban J connectivity index is 2.46. The fourth-order valence-corrected chi connectivity index (χ4v) is 1.79. The van der Waals surface area contributed by atoms with Crippen LogP contribution in [0, 0.1) is 5.92 Å². The fourth-order valence-electron chi connectivity index (χ4n) is 1.79. The van der Waals surface area contributed by atoms with E-state index in [-0.39, 0.29) is 0 Å². The number of ether oxygens (including phenoxy) is 1. The average molecular weight is 241 g/mol. The monoisotopic (exact) mass is 241 g/mol. The summed E-state index contributed by atoms with van der Waals surface area (Å²) in [6.45, 7) is 7.60. The molecule has 1 radical (unpaired) electrons. The molecule has 0 aromatic rings. The maximum absolute atomic E-state index is 11.7. The number of carbonyl (C=O) groups excluding carboxylic acids is 2. The molecule has 1 aliphatic heterocycles. The lowest BCUT2D eigenvalue weighted by molar-refractivity contribution is 0.0339. The van der Waals surface area contributed by atoms with Crippen LogP contribution in [0.15, 0.2) is 0 Å². The van der Waals surface area contributed by atoms with Crippen LogP contribution in [0.1, 0.15) is 33.6 Å². The van der Waals surface area contributed by atoms with E-state index in [1.807, 2.05) is 0 Å². The van der Waals surface area contributed by atoms with Gasteiger partial charge in [-0.3, -0.25) is 4.79 Å². The zero-order valence-corrected chi connectivity index (χ0v) is 10.8. The van der Waals surface area contributed by atoms with Gasteiger partial charge in [0.25, 0.3) is 0 Å². The number of amides is 2. The van der Waals surface area contributed by atoms with Crippen LogP contribution in [0.25, 0.3) is 0 Å². The third-order valence-electron chi connectivity index (χ3n) is 2.62. The minimum Gasteiger partial charge on any atom is -0.443 e. The molecule has 0 unspecified atom stereocenters. The highest BCUT2D eigenvalue weighted by Gasteiger charge is 2.25. The van der Waals surface area contributed by atoms with Gasteiger partial charge >= 0.3 is 12.5 Å². The summed E-state index contributed by atoms with van der Waals surface area (Å²) < 4.78 is 5.14. The Morgan fingerprint density at radius 2 is 2.00 bits per heavy atom. The van der Waals surface area contributed by atoms with Crippen LogP contribution < -0.4 is 5.32 Å². The third-order valence-corrected chi connectivity index (χ3v) is 2.62. The molecule has 5 nitrogen and oxygen atoms in total. The van der Waals surface area contributed by atoms with Gasteiger partial charge in [0.1, 0.15) is 5.60 Å². The summed E-state index contributed by atoms with van der Waals surface area (Å²) in [5.74, 6) is 0.352. The summed E-state index contributed by atoms with van der Waals surface area (Å²) in [6, 6.07) is 0. The molecule has 0 aromatic heterocycles. The van der Waals surface area contributed by atoms with Gasteiger partial charge in [0, 0.05) is 6.54 Å². The van der Waals surface area contributed by atoms with Crippen molar-refractivity contribution < 1.29 is 14.3 Å². The lowest BCUT2D eigenvalue weighted by Crippen LogP contribution is -2.41. The number of nitrogens with zero attached hydrogens (tertiary/aromatic N) is 1. The molecule has 0 saturated carbocycles. The normalized spacial score (nSPS) is 17.6. The van der Waals surface area contributed by atoms with Crippen molar-refractivity contribution in [1.82, 2.24) is 10.2 Å². The van der Waals surface area contributed by atoms with Gasteiger partial charge in [-0.05, 0) is 52.6 Å². The summed E-state index contributed by atoms with van der Waals surface area (Å²) >= 11 is 0. The predicted octanol–water partition coefficient (Wildman–Crippen LogP) is 1.29. The molecule has 1 heterocycles. The van der Waals surface area contributed by atoms with Crippen LogP contribution in [-0.4, -0.2) is 42.6 Å². The second kappa shape index (κ2) is 6.00. The first-order valence-corrected chi connectivity index (χ1v) is 6.01. The molecular formula is C12H21N2O3. The van der Waals surface area contributed by atoms with Gasteiger partial charge in [-0.25, -0.2) is 9.69 Å². The Labute approximate surface area is 102 Å². The Hall–Kier alpha value is -1.10. The van der Waals surface area contributed by atoms with E-state index in [1.54, 1.807) is 27.2 Å². The van der Waals surface area contributed by atoms with Gasteiger partial charge in [-0.2, -0.15) is 0 Å². The van der Waals surface area contributed by atoms with Crippen LogP contribution in [0.2, 0.25) is 0 Å². The molecule has 1 aliphatic rings. The maximum atomic E-state index is 11.7. The number of imide groups is 1. The summed E-state index contributed by atoms with van der Waals surface area (Å²) in [4.78, 5) is 23.5. The number of hydrogen-bond donors (Lipinski definition) is 1. The highest BCUT2D eigenvalue weighted by Crippen LogP contribution is 2.15. The molecule has 0 spiro atoms.